The molecule has 0 amide bonds. The summed E-state index contributed by atoms with van der Waals surface area (Å²) >= 11 is 0. The van der Waals surface area contributed by atoms with Crippen LogP contribution in [0.5, 0.6) is 5.75 Å². The number of alkyl halides is 3. The van der Waals surface area contributed by atoms with Crippen LogP contribution in [0.1, 0.15) is 30.6 Å². The van der Waals surface area contributed by atoms with Gasteiger partial charge in [-0.05, 0) is 49.7 Å². The second-order valence-corrected chi connectivity index (χ2v) is 7.15. The lowest BCUT2D eigenvalue weighted by Gasteiger charge is -2.12. The number of fused-ring (bicyclic) bond motifs is 2. The van der Waals surface area contributed by atoms with Gasteiger partial charge in [0.05, 0.1) is 17.1 Å². The van der Waals surface area contributed by atoms with E-state index in [-0.39, 0.29) is 34.4 Å². The third kappa shape index (κ3) is 4.03. The number of carbonyl (C=O) groups excluding carboxylic acids is 1. The minimum atomic E-state index is -4.81. The second kappa shape index (κ2) is 8.03. The zero-order valence-electron chi connectivity index (χ0n) is 17.2. The van der Waals surface area contributed by atoms with Crippen molar-refractivity contribution in [3.05, 3.63) is 54.1 Å². The van der Waals surface area contributed by atoms with E-state index >= 15 is 0 Å². The zero-order valence-corrected chi connectivity index (χ0v) is 17.2. The van der Waals surface area contributed by atoms with E-state index in [1.165, 1.54) is 16.7 Å². The van der Waals surface area contributed by atoms with E-state index in [9.17, 15) is 18.0 Å². The van der Waals surface area contributed by atoms with E-state index in [0.29, 0.717) is 23.1 Å². The maximum Gasteiger partial charge on any atom is 0.573 e. The Labute approximate surface area is 180 Å². The fourth-order valence-corrected chi connectivity index (χ4v) is 3.25. The standard InChI is InChI=1S/C22H19F3N4O3/c1-3-12(2)31-21(30)17-18-20(28-16-7-5-4-6-15(16)27-18)29(19(17)26)13-8-10-14(11-9-13)32-22(23,24)25/h4-12H,3,26H2,1-2H3. The first-order chi connectivity index (χ1) is 15.2. The molecule has 4 aromatic rings. The van der Waals surface area contributed by atoms with Crippen molar-refractivity contribution < 1.29 is 27.4 Å². The van der Waals surface area contributed by atoms with Gasteiger partial charge in [0.15, 0.2) is 5.65 Å². The summed E-state index contributed by atoms with van der Waals surface area (Å²) in [7, 11) is 0. The fourth-order valence-electron chi connectivity index (χ4n) is 3.25. The highest BCUT2D eigenvalue weighted by molar-refractivity contribution is 6.09. The number of hydrogen-bond donors (Lipinski definition) is 1. The molecule has 32 heavy (non-hydrogen) atoms. The van der Waals surface area contributed by atoms with E-state index in [2.05, 4.69) is 14.7 Å². The van der Waals surface area contributed by atoms with Crippen LogP contribution in [0.3, 0.4) is 0 Å². The summed E-state index contributed by atoms with van der Waals surface area (Å²) in [6.07, 6.45) is -4.54. The van der Waals surface area contributed by atoms with Crippen molar-refractivity contribution in [2.75, 3.05) is 5.73 Å². The lowest BCUT2D eigenvalue weighted by atomic mass is 10.2. The summed E-state index contributed by atoms with van der Waals surface area (Å²) in [6.45, 7) is 3.64. The number of halogens is 3. The van der Waals surface area contributed by atoms with Gasteiger partial charge in [-0.25, -0.2) is 14.8 Å². The van der Waals surface area contributed by atoms with E-state index in [4.69, 9.17) is 10.5 Å². The summed E-state index contributed by atoms with van der Waals surface area (Å²) in [5.41, 5.74) is 8.42. The quantitative estimate of drug-likeness (QED) is 0.435. The summed E-state index contributed by atoms with van der Waals surface area (Å²) in [5.74, 6) is -1.01. The molecule has 0 saturated carbocycles. The second-order valence-electron chi connectivity index (χ2n) is 7.15. The molecular weight excluding hydrogens is 425 g/mol. The molecule has 2 aromatic carbocycles. The maximum absolute atomic E-state index is 12.9. The summed E-state index contributed by atoms with van der Waals surface area (Å²) in [5, 5.41) is 0. The van der Waals surface area contributed by atoms with E-state index in [0.717, 1.165) is 12.1 Å². The number of hydrogen-bond acceptors (Lipinski definition) is 6. The number of anilines is 1. The fraction of sp³-hybridized carbons (Fsp3) is 0.227. The highest BCUT2D eigenvalue weighted by Crippen LogP contribution is 2.33. The van der Waals surface area contributed by atoms with Crippen molar-refractivity contribution in [3.8, 4) is 11.4 Å². The number of aromatic nitrogens is 3. The van der Waals surface area contributed by atoms with Gasteiger partial charge in [-0.2, -0.15) is 0 Å². The SMILES string of the molecule is CCC(C)OC(=O)c1c(N)n(-c2ccc(OC(F)(F)F)cc2)c2nc3ccccc3nc12. The largest absolute Gasteiger partial charge is 0.573 e. The van der Waals surface area contributed by atoms with E-state index in [1.54, 1.807) is 31.2 Å². The molecule has 0 bridgehead atoms. The van der Waals surface area contributed by atoms with Crippen LogP contribution in [0.15, 0.2) is 48.5 Å². The van der Waals surface area contributed by atoms with E-state index < -0.39 is 12.3 Å². The van der Waals surface area contributed by atoms with Crippen molar-refractivity contribution in [3.63, 3.8) is 0 Å². The minimum absolute atomic E-state index is 0.0214. The normalized spacial score (nSPS) is 12.8. The first-order valence-corrected chi connectivity index (χ1v) is 9.81. The van der Waals surface area contributed by atoms with Gasteiger partial charge in [0, 0.05) is 5.69 Å². The van der Waals surface area contributed by atoms with Crippen LogP contribution in [-0.4, -0.2) is 33.0 Å². The third-order valence-electron chi connectivity index (χ3n) is 4.91. The van der Waals surface area contributed by atoms with Crippen LogP contribution >= 0.6 is 0 Å². The molecule has 166 valence electrons. The highest BCUT2D eigenvalue weighted by atomic mass is 19.4. The number of nitrogen functional groups attached to an aromatic ring is 1. The van der Waals surface area contributed by atoms with Crippen LogP contribution in [-0.2, 0) is 4.74 Å². The molecule has 0 fully saturated rings. The lowest BCUT2D eigenvalue weighted by Crippen LogP contribution is -2.17. The van der Waals surface area contributed by atoms with Crippen LogP contribution in [0.2, 0.25) is 0 Å². The summed E-state index contributed by atoms with van der Waals surface area (Å²) in [4.78, 5) is 22.1. The van der Waals surface area contributed by atoms with Gasteiger partial charge in [0.25, 0.3) is 0 Å². The average molecular weight is 444 g/mol. The smallest absolute Gasteiger partial charge is 0.459 e. The highest BCUT2D eigenvalue weighted by Gasteiger charge is 2.31. The molecule has 0 saturated heterocycles. The number of benzene rings is 2. The Morgan fingerprint density at radius 1 is 1.09 bits per heavy atom. The summed E-state index contributed by atoms with van der Waals surface area (Å²) < 4.78 is 48.3. The molecule has 2 aromatic heterocycles. The van der Waals surface area contributed by atoms with Crippen LogP contribution in [0.4, 0.5) is 19.0 Å². The number of carbonyl (C=O) groups is 1. The van der Waals surface area contributed by atoms with Gasteiger partial charge in [-0.1, -0.05) is 19.1 Å². The van der Waals surface area contributed by atoms with Gasteiger partial charge in [-0.15, -0.1) is 13.2 Å². The van der Waals surface area contributed by atoms with Gasteiger partial charge >= 0.3 is 12.3 Å². The first kappa shape index (κ1) is 21.4. The Morgan fingerprint density at radius 3 is 2.31 bits per heavy atom. The lowest BCUT2D eigenvalue weighted by molar-refractivity contribution is -0.274. The molecule has 7 nitrogen and oxygen atoms in total. The minimum Gasteiger partial charge on any atom is -0.459 e. The first-order valence-electron chi connectivity index (χ1n) is 9.81. The van der Waals surface area contributed by atoms with Crippen LogP contribution in [0, 0.1) is 0 Å². The average Bonchev–Trinajstić information content (AvgIpc) is 3.02. The Balaban J connectivity index is 1.91. The van der Waals surface area contributed by atoms with Gasteiger partial charge < -0.3 is 15.2 Å². The Morgan fingerprint density at radius 2 is 1.72 bits per heavy atom. The van der Waals surface area contributed by atoms with Crippen molar-refractivity contribution >= 4 is 34.0 Å². The van der Waals surface area contributed by atoms with Crippen molar-refractivity contribution in [1.82, 2.24) is 14.5 Å². The van der Waals surface area contributed by atoms with E-state index in [1.807, 2.05) is 6.92 Å². The molecule has 10 heteroatoms. The Bertz CT molecular complexity index is 1300. The van der Waals surface area contributed by atoms with Crippen molar-refractivity contribution in [2.24, 2.45) is 0 Å². The molecule has 0 aliphatic heterocycles. The number of nitrogens with zero attached hydrogens (tertiary/aromatic N) is 3. The summed E-state index contributed by atoms with van der Waals surface area (Å²) in [6, 6.07) is 12.2. The number of esters is 1. The van der Waals surface area contributed by atoms with Crippen molar-refractivity contribution in [1.29, 1.82) is 0 Å². The number of nitrogens with two attached hydrogens (primary N) is 1. The monoisotopic (exact) mass is 444 g/mol. The van der Waals surface area contributed by atoms with Gasteiger partial charge in [-0.3, -0.25) is 4.57 Å². The van der Waals surface area contributed by atoms with Gasteiger partial charge in [0.2, 0.25) is 0 Å². The molecule has 0 aliphatic carbocycles. The topological polar surface area (TPSA) is 92.3 Å². The van der Waals surface area contributed by atoms with Crippen molar-refractivity contribution in [2.45, 2.75) is 32.7 Å². The van der Waals surface area contributed by atoms with Crippen LogP contribution < -0.4 is 10.5 Å². The number of rotatable bonds is 5. The van der Waals surface area contributed by atoms with Gasteiger partial charge in [0.1, 0.15) is 22.6 Å². The maximum atomic E-state index is 12.9. The molecule has 0 spiro atoms. The molecule has 1 unspecified atom stereocenters. The number of para-hydroxylation sites is 2. The molecule has 1 atom stereocenters. The zero-order chi connectivity index (χ0) is 23.0. The predicted octanol–water partition coefficient (Wildman–Crippen LogP) is 5.01. The predicted molar refractivity (Wildman–Crippen MR) is 113 cm³/mol. The molecule has 0 radical (unpaired) electrons. The van der Waals surface area contributed by atoms with Crippen LogP contribution in [0.25, 0.3) is 27.9 Å². The molecule has 2 N–H and O–H groups in total. The molecule has 2 heterocycles. The molecule has 4 rings (SSSR count). The third-order valence-corrected chi connectivity index (χ3v) is 4.91. The Kier molecular flexibility index (Phi) is 5.37. The number of ether oxygens (including phenoxy) is 2. The molecular formula is C22H19F3N4O3. The molecule has 0 aliphatic rings. The Hall–Kier alpha value is -3.82.